The van der Waals surface area contributed by atoms with Crippen LogP contribution < -0.4 is 0 Å². The largest absolute Gasteiger partial charge is 0.410 e. The van der Waals surface area contributed by atoms with Gasteiger partial charge in [0.05, 0.1) is 11.0 Å². The van der Waals surface area contributed by atoms with Crippen LogP contribution in [0.25, 0.3) is 0 Å². The third-order valence-electron chi connectivity index (χ3n) is 4.10. The number of nitrogens with zero attached hydrogens (tertiary/aromatic N) is 1. The lowest BCUT2D eigenvalue weighted by atomic mass is 10.1. The summed E-state index contributed by atoms with van der Waals surface area (Å²) in [6, 6.07) is 6.61. The van der Waals surface area contributed by atoms with Gasteiger partial charge in [-0.3, -0.25) is 10.1 Å². The molecule has 21 heavy (non-hydrogen) atoms. The quantitative estimate of drug-likeness (QED) is 0.313. The summed E-state index contributed by atoms with van der Waals surface area (Å²) in [7, 11) is -1.91. The summed E-state index contributed by atoms with van der Waals surface area (Å²) < 4.78 is 6.43. The fourth-order valence-electron chi connectivity index (χ4n) is 1.75. The maximum atomic E-state index is 10.7. The molecule has 5 heteroatoms. The van der Waals surface area contributed by atoms with E-state index in [1.807, 2.05) is 6.08 Å². The van der Waals surface area contributed by atoms with Crippen molar-refractivity contribution in [3.63, 3.8) is 0 Å². The van der Waals surface area contributed by atoms with Crippen LogP contribution in [-0.2, 0) is 4.43 Å². The van der Waals surface area contributed by atoms with Crippen molar-refractivity contribution >= 4 is 14.0 Å². The number of hydrogen-bond acceptors (Lipinski definition) is 3. The molecule has 0 saturated carbocycles. The van der Waals surface area contributed by atoms with E-state index < -0.39 is 8.32 Å². The van der Waals surface area contributed by atoms with Gasteiger partial charge in [-0.15, -0.1) is 6.58 Å². The van der Waals surface area contributed by atoms with Crippen molar-refractivity contribution in [2.75, 3.05) is 0 Å². The third kappa shape index (κ3) is 4.51. The Morgan fingerprint density at radius 1 is 1.33 bits per heavy atom. The van der Waals surface area contributed by atoms with Crippen molar-refractivity contribution in [1.82, 2.24) is 0 Å². The van der Waals surface area contributed by atoms with E-state index in [0.29, 0.717) is 6.42 Å². The molecule has 0 bridgehead atoms. The standard InChI is InChI=1S/C16H25NO3Si/c1-7-8-15(20-21(5,6)16(2,3)4)13-9-11-14(12-10-13)17(18)19/h7,9-12,15H,1,8H2,2-6H3. The van der Waals surface area contributed by atoms with Gasteiger partial charge >= 0.3 is 0 Å². The summed E-state index contributed by atoms with van der Waals surface area (Å²) >= 11 is 0. The summed E-state index contributed by atoms with van der Waals surface area (Å²) in [5.41, 5.74) is 1.06. The molecular weight excluding hydrogens is 282 g/mol. The molecule has 0 aliphatic rings. The minimum absolute atomic E-state index is 0.0933. The molecule has 1 atom stereocenters. The predicted molar refractivity (Wildman–Crippen MR) is 88.9 cm³/mol. The van der Waals surface area contributed by atoms with Crippen molar-refractivity contribution < 1.29 is 9.35 Å². The topological polar surface area (TPSA) is 52.4 Å². The van der Waals surface area contributed by atoms with E-state index in [2.05, 4.69) is 40.4 Å². The zero-order valence-corrected chi connectivity index (χ0v) is 14.6. The lowest BCUT2D eigenvalue weighted by Crippen LogP contribution is -2.41. The van der Waals surface area contributed by atoms with E-state index in [1.165, 1.54) is 12.1 Å². The van der Waals surface area contributed by atoms with Gasteiger partial charge in [-0.1, -0.05) is 26.8 Å². The first-order valence-electron chi connectivity index (χ1n) is 7.11. The molecule has 4 nitrogen and oxygen atoms in total. The Kier molecular flexibility index (Phi) is 5.47. The lowest BCUT2D eigenvalue weighted by Gasteiger charge is -2.39. The number of hydrogen-bond donors (Lipinski definition) is 0. The summed E-state index contributed by atoms with van der Waals surface area (Å²) in [5, 5.41) is 10.9. The average molecular weight is 307 g/mol. The summed E-state index contributed by atoms with van der Waals surface area (Å²) in [4.78, 5) is 10.3. The van der Waals surface area contributed by atoms with Crippen LogP contribution >= 0.6 is 0 Å². The Morgan fingerprint density at radius 2 is 1.86 bits per heavy atom. The molecule has 116 valence electrons. The van der Waals surface area contributed by atoms with Gasteiger partial charge in [0.25, 0.3) is 5.69 Å². The fraction of sp³-hybridized carbons (Fsp3) is 0.500. The zero-order chi connectivity index (χ0) is 16.3. The van der Waals surface area contributed by atoms with Gasteiger partial charge in [0, 0.05) is 12.1 Å². The molecule has 0 radical (unpaired) electrons. The fourth-order valence-corrected chi connectivity index (χ4v) is 3.04. The minimum Gasteiger partial charge on any atom is -0.410 e. The number of rotatable bonds is 6. The third-order valence-corrected chi connectivity index (χ3v) is 8.59. The van der Waals surface area contributed by atoms with Crippen LogP contribution in [0.4, 0.5) is 5.69 Å². The van der Waals surface area contributed by atoms with Crippen LogP contribution in [0.1, 0.15) is 38.9 Å². The number of benzene rings is 1. The smallest absolute Gasteiger partial charge is 0.269 e. The van der Waals surface area contributed by atoms with Crippen LogP contribution in [0.15, 0.2) is 36.9 Å². The molecule has 1 aromatic rings. The SMILES string of the molecule is C=CCC(O[Si](C)(C)C(C)(C)C)c1ccc([N+](=O)[O-])cc1. The minimum atomic E-state index is -1.91. The van der Waals surface area contributed by atoms with E-state index in [9.17, 15) is 10.1 Å². The maximum Gasteiger partial charge on any atom is 0.269 e. The lowest BCUT2D eigenvalue weighted by molar-refractivity contribution is -0.384. The van der Waals surface area contributed by atoms with E-state index >= 15 is 0 Å². The monoisotopic (exact) mass is 307 g/mol. The number of nitro benzene ring substituents is 1. The molecule has 0 N–H and O–H groups in total. The van der Waals surface area contributed by atoms with Gasteiger partial charge in [-0.2, -0.15) is 0 Å². The van der Waals surface area contributed by atoms with Crippen molar-refractivity contribution in [3.8, 4) is 0 Å². The second-order valence-electron chi connectivity index (χ2n) is 6.74. The van der Waals surface area contributed by atoms with Gasteiger partial charge in [-0.05, 0) is 42.2 Å². The highest BCUT2D eigenvalue weighted by Gasteiger charge is 2.39. The van der Waals surface area contributed by atoms with Crippen LogP contribution in [0, 0.1) is 10.1 Å². The van der Waals surface area contributed by atoms with Crippen LogP contribution in [0.3, 0.4) is 0 Å². The second kappa shape index (κ2) is 6.53. The maximum absolute atomic E-state index is 10.7. The Labute approximate surface area is 128 Å². The molecular formula is C16H25NO3Si. The molecule has 0 aliphatic heterocycles. The Balaban J connectivity index is 3.01. The van der Waals surface area contributed by atoms with Crippen LogP contribution in [0.5, 0.6) is 0 Å². The summed E-state index contributed by atoms with van der Waals surface area (Å²) in [6.45, 7) is 14.8. The number of non-ortho nitro benzene ring substituents is 1. The van der Waals surface area contributed by atoms with E-state index in [1.54, 1.807) is 12.1 Å². The Bertz CT molecular complexity index is 503. The van der Waals surface area contributed by atoms with Gasteiger partial charge in [0.15, 0.2) is 8.32 Å². The first-order chi connectivity index (χ1) is 9.58. The van der Waals surface area contributed by atoms with Crippen molar-refractivity contribution in [2.24, 2.45) is 0 Å². The molecule has 0 amide bonds. The highest BCUT2D eigenvalue weighted by molar-refractivity contribution is 6.74. The van der Waals surface area contributed by atoms with Crippen molar-refractivity contribution in [3.05, 3.63) is 52.6 Å². The van der Waals surface area contributed by atoms with Gasteiger partial charge < -0.3 is 4.43 Å². The Hall–Kier alpha value is -1.46. The average Bonchev–Trinajstić information content (AvgIpc) is 2.37. The van der Waals surface area contributed by atoms with Gasteiger partial charge in [-0.25, -0.2) is 0 Å². The van der Waals surface area contributed by atoms with Crippen molar-refractivity contribution in [2.45, 2.75) is 51.4 Å². The van der Waals surface area contributed by atoms with E-state index in [0.717, 1.165) is 5.56 Å². The Morgan fingerprint density at radius 3 is 2.24 bits per heavy atom. The first-order valence-corrected chi connectivity index (χ1v) is 10.0. The predicted octanol–water partition coefficient (Wildman–Crippen LogP) is 5.23. The second-order valence-corrected chi connectivity index (χ2v) is 11.5. The van der Waals surface area contributed by atoms with Gasteiger partial charge in [0.1, 0.15) is 0 Å². The molecule has 0 heterocycles. The molecule has 0 spiro atoms. The molecule has 1 aromatic carbocycles. The first kappa shape index (κ1) is 17.6. The van der Waals surface area contributed by atoms with Crippen molar-refractivity contribution in [1.29, 1.82) is 0 Å². The number of nitro groups is 1. The molecule has 0 aliphatic carbocycles. The highest BCUT2D eigenvalue weighted by Crippen LogP contribution is 2.40. The normalized spacial score (nSPS) is 13.8. The molecule has 1 unspecified atom stereocenters. The van der Waals surface area contributed by atoms with Crippen LogP contribution in [0.2, 0.25) is 18.1 Å². The van der Waals surface area contributed by atoms with Crippen LogP contribution in [-0.4, -0.2) is 13.2 Å². The molecule has 0 aromatic heterocycles. The molecule has 0 fully saturated rings. The van der Waals surface area contributed by atoms with Gasteiger partial charge in [0.2, 0.25) is 0 Å². The molecule has 1 rings (SSSR count). The summed E-state index contributed by atoms with van der Waals surface area (Å²) in [6.07, 6.45) is 2.44. The highest BCUT2D eigenvalue weighted by atomic mass is 28.4. The van der Waals surface area contributed by atoms with E-state index in [-0.39, 0.29) is 21.8 Å². The molecule has 0 saturated heterocycles. The zero-order valence-electron chi connectivity index (χ0n) is 13.6. The van der Waals surface area contributed by atoms with E-state index in [4.69, 9.17) is 4.43 Å². The summed E-state index contributed by atoms with van der Waals surface area (Å²) in [5.74, 6) is 0.